The van der Waals surface area contributed by atoms with Crippen molar-refractivity contribution in [1.82, 2.24) is 5.32 Å². The molecule has 1 fully saturated rings. The summed E-state index contributed by atoms with van der Waals surface area (Å²) in [4.78, 5) is 12.3. The molecule has 0 spiro atoms. The number of carbonyl (C=O) groups excluding carboxylic acids is 1. The zero-order valence-electron chi connectivity index (χ0n) is 13.4. The Kier molecular flexibility index (Phi) is 6.07. The van der Waals surface area contributed by atoms with E-state index in [0.29, 0.717) is 30.4 Å². The van der Waals surface area contributed by atoms with Crippen molar-refractivity contribution in [3.8, 4) is 11.5 Å². The van der Waals surface area contributed by atoms with E-state index < -0.39 is 0 Å². The zero-order valence-corrected chi connectivity index (χ0v) is 13.4. The number of nitrogens with two attached hydrogens (primary N) is 1. The highest BCUT2D eigenvalue weighted by molar-refractivity contribution is 5.79. The number of hydrogen-bond donors (Lipinski definition) is 2. The number of rotatable bonds is 6. The van der Waals surface area contributed by atoms with Gasteiger partial charge in [0, 0.05) is 6.04 Å². The van der Waals surface area contributed by atoms with Crippen molar-refractivity contribution < 1.29 is 14.3 Å². The summed E-state index contributed by atoms with van der Waals surface area (Å²) in [5.41, 5.74) is 6.72. The standard InChI is InChI=1S/C17H26N2O3/c1-21-15-8-7-12(9-16(15)22-2)10-17(20)19-14-6-4-3-5-13(14)11-18/h7-9,13-14H,3-6,10-11,18H2,1-2H3,(H,19,20). The Balaban J connectivity index is 1.96. The van der Waals surface area contributed by atoms with Gasteiger partial charge in [-0.15, -0.1) is 0 Å². The van der Waals surface area contributed by atoms with Crippen LogP contribution in [-0.2, 0) is 11.2 Å². The molecule has 0 heterocycles. The molecule has 2 unspecified atom stereocenters. The number of methoxy groups -OCH3 is 2. The quantitative estimate of drug-likeness (QED) is 0.841. The molecule has 122 valence electrons. The first kappa shape index (κ1) is 16.6. The maximum Gasteiger partial charge on any atom is 0.224 e. The molecule has 1 aromatic carbocycles. The topological polar surface area (TPSA) is 73.6 Å². The molecule has 0 radical (unpaired) electrons. The molecule has 3 N–H and O–H groups in total. The molecule has 0 aromatic heterocycles. The second-order valence-electron chi connectivity index (χ2n) is 5.82. The van der Waals surface area contributed by atoms with E-state index in [0.717, 1.165) is 24.8 Å². The molecule has 2 atom stereocenters. The Morgan fingerprint density at radius 2 is 1.95 bits per heavy atom. The molecule has 1 amide bonds. The fourth-order valence-corrected chi connectivity index (χ4v) is 3.11. The monoisotopic (exact) mass is 306 g/mol. The van der Waals surface area contributed by atoms with Crippen molar-refractivity contribution in [2.24, 2.45) is 11.7 Å². The van der Waals surface area contributed by atoms with E-state index in [1.807, 2.05) is 18.2 Å². The van der Waals surface area contributed by atoms with Crippen LogP contribution in [0.4, 0.5) is 0 Å². The van der Waals surface area contributed by atoms with Crippen molar-refractivity contribution in [3.05, 3.63) is 23.8 Å². The van der Waals surface area contributed by atoms with Crippen molar-refractivity contribution in [1.29, 1.82) is 0 Å². The second-order valence-corrected chi connectivity index (χ2v) is 5.82. The van der Waals surface area contributed by atoms with Gasteiger partial charge >= 0.3 is 0 Å². The van der Waals surface area contributed by atoms with E-state index in [1.54, 1.807) is 14.2 Å². The number of hydrogen-bond acceptors (Lipinski definition) is 4. The number of amides is 1. The van der Waals surface area contributed by atoms with Gasteiger partial charge in [0.2, 0.25) is 5.91 Å². The minimum atomic E-state index is 0.0394. The molecule has 1 aliphatic carbocycles. The molecule has 2 rings (SSSR count). The molecule has 5 nitrogen and oxygen atoms in total. The average Bonchev–Trinajstić information content (AvgIpc) is 2.55. The summed E-state index contributed by atoms with van der Waals surface area (Å²) in [7, 11) is 3.19. The Labute approximate surface area is 132 Å². The van der Waals surface area contributed by atoms with Crippen LogP contribution in [0.1, 0.15) is 31.2 Å². The van der Waals surface area contributed by atoms with E-state index >= 15 is 0 Å². The van der Waals surface area contributed by atoms with Gasteiger partial charge in [0.1, 0.15) is 0 Å². The van der Waals surface area contributed by atoms with E-state index in [1.165, 1.54) is 6.42 Å². The molecule has 1 saturated carbocycles. The van der Waals surface area contributed by atoms with Gasteiger partial charge in [-0.3, -0.25) is 4.79 Å². The van der Waals surface area contributed by atoms with Gasteiger partial charge in [-0.2, -0.15) is 0 Å². The third kappa shape index (κ3) is 4.13. The first-order valence-electron chi connectivity index (χ1n) is 7.88. The first-order chi connectivity index (χ1) is 10.7. The predicted molar refractivity (Wildman–Crippen MR) is 86.2 cm³/mol. The van der Waals surface area contributed by atoms with Crippen LogP contribution in [0.3, 0.4) is 0 Å². The highest BCUT2D eigenvalue weighted by Crippen LogP contribution is 2.28. The van der Waals surface area contributed by atoms with Crippen LogP contribution in [0.2, 0.25) is 0 Å². The SMILES string of the molecule is COc1ccc(CC(=O)NC2CCCCC2CN)cc1OC. The van der Waals surface area contributed by atoms with Crippen LogP contribution < -0.4 is 20.5 Å². The molecule has 0 saturated heterocycles. The highest BCUT2D eigenvalue weighted by Gasteiger charge is 2.25. The summed E-state index contributed by atoms with van der Waals surface area (Å²) in [6, 6.07) is 5.78. The summed E-state index contributed by atoms with van der Waals surface area (Å²) in [5.74, 6) is 1.76. The van der Waals surface area contributed by atoms with Crippen molar-refractivity contribution >= 4 is 5.91 Å². The Bertz CT molecular complexity index is 505. The van der Waals surface area contributed by atoms with Crippen LogP contribution in [-0.4, -0.2) is 32.7 Å². The third-order valence-corrected chi connectivity index (χ3v) is 4.37. The van der Waals surface area contributed by atoms with E-state index in [-0.39, 0.29) is 11.9 Å². The van der Waals surface area contributed by atoms with Crippen LogP contribution >= 0.6 is 0 Å². The van der Waals surface area contributed by atoms with Gasteiger partial charge in [-0.05, 0) is 43.0 Å². The molecular weight excluding hydrogens is 280 g/mol. The van der Waals surface area contributed by atoms with Crippen molar-refractivity contribution in [3.63, 3.8) is 0 Å². The molecule has 1 aliphatic rings. The number of nitrogens with one attached hydrogen (secondary N) is 1. The smallest absolute Gasteiger partial charge is 0.224 e. The minimum Gasteiger partial charge on any atom is -0.493 e. The lowest BCUT2D eigenvalue weighted by molar-refractivity contribution is -0.121. The normalized spacial score (nSPS) is 21.2. The third-order valence-electron chi connectivity index (χ3n) is 4.37. The van der Waals surface area contributed by atoms with Crippen molar-refractivity contribution in [2.45, 2.75) is 38.1 Å². The second kappa shape index (κ2) is 8.03. The Morgan fingerprint density at radius 1 is 1.23 bits per heavy atom. The molecule has 22 heavy (non-hydrogen) atoms. The summed E-state index contributed by atoms with van der Waals surface area (Å²) in [5, 5.41) is 3.14. The molecule has 5 heteroatoms. The number of carbonyl (C=O) groups is 1. The van der Waals surface area contributed by atoms with E-state index in [9.17, 15) is 4.79 Å². The predicted octanol–water partition coefficient (Wildman–Crippen LogP) is 1.88. The van der Waals surface area contributed by atoms with E-state index in [4.69, 9.17) is 15.2 Å². The fraction of sp³-hybridized carbons (Fsp3) is 0.588. The van der Waals surface area contributed by atoms with Gasteiger partial charge < -0.3 is 20.5 Å². The van der Waals surface area contributed by atoms with Crippen molar-refractivity contribution in [2.75, 3.05) is 20.8 Å². The Morgan fingerprint density at radius 3 is 2.64 bits per heavy atom. The van der Waals surface area contributed by atoms with Gasteiger partial charge in [-0.1, -0.05) is 18.9 Å². The average molecular weight is 306 g/mol. The van der Waals surface area contributed by atoms with Gasteiger partial charge in [0.05, 0.1) is 20.6 Å². The maximum atomic E-state index is 12.3. The largest absolute Gasteiger partial charge is 0.493 e. The zero-order chi connectivity index (χ0) is 15.9. The lowest BCUT2D eigenvalue weighted by Crippen LogP contribution is -2.45. The Hall–Kier alpha value is -1.75. The fourth-order valence-electron chi connectivity index (χ4n) is 3.11. The van der Waals surface area contributed by atoms with Crippen LogP contribution in [0.5, 0.6) is 11.5 Å². The van der Waals surface area contributed by atoms with Gasteiger partial charge in [0.25, 0.3) is 0 Å². The first-order valence-corrected chi connectivity index (χ1v) is 7.88. The summed E-state index contributed by atoms with van der Waals surface area (Å²) >= 11 is 0. The maximum absolute atomic E-state index is 12.3. The van der Waals surface area contributed by atoms with Crippen LogP contribution in [0.15, 0.2) is 18.2 Å². The molecule has 0 aliphatic heterocycles. The number of ether oxygens (including phenoxy) is 2. The molecule has 0 bridgehead atoms. The van der Waals surface area contributed by atoms with Crippen LogP contribution in [0.25, 0.3) is 0 Å². The summed E-state index contributed by atoms with van der Waals surface area (Å²) < 4.78 is 10.5. The molecular formula is C17H26N2O3. The highest BCUT2D eigenvalue weighted by atomic mass is 16.5. The summed E-state index contributed by atoms with van der Waals surface area (Å²) in [6.07, 6.45) is 4.85. The molecule has 1 aromatic rings. The summed E-state index contributed by atoms with van der Waals surface area (Å²) in [6.45, 7) is 0.640. The van der Waals surface area contributed by atoms with Gasteiger partial charge in [0.15, 0.2) is 11.5 Å². The lowest BCUT2D eigenvalue weighted by atomic mass is 9.84. The minimum absolute atomic E-state index is 0.0394. The lowest BCUT2D eigenvalue weighted by Gasteiger charge is -2.31. The number of benzene rings is 1. The van der Waals surface area contributed by atoms with Gasteiger partial charge in [-0.25, -0.2) is 0 Å². The van der Waals surface area contributed by atoms with E-state index in [2.05, 4.69) is 5.32 Å². The van der Waals surface area contributed by atoms with Crippen LogP contribution in [0, 0.1) is 5.92 Å².